The van der Waals surface area contributed by atoms with Crippen molar-refractivity contribution in [3.8, 4) is 18.1 Å². The van der Waals surface area contributed by atoms with Crippen LogP contribution in [0.4, 0.5) is 5.82 Å². The molecule has 1 heterocycles. The Balaban J connectivity index is 1.78. The lowest BCUT2D eigenvalue weighted by Crippen LogP contribution is -2.14. The summed E-state index contributed by atoms with van der Waals surface area (Å²) in [7, 11) is 0. The average Bonchev–Trinajstić information content (AvgIpc) is 3.01. The zero-order valence-corrected chi connectivity index (χ0v) is 15.1. The molecule has 1 amide bonds. The third-order valence-corrected chi connectivity index (χ3v) is 4.10. The number of carbonyl (C=O) groups excluding carboxylic acids is 1. The van der Waals surface area contributed by atoms with Crippen molar-refractivity contribution in [3.05, 3.63) is 53.6 Å². The number of nitrogens with zero attached hydrogens (tertiary/aromatic N) is 1. The normalized spacial score (nSPS) is 11.2. The molecule has 5 nitrogen and oxygen atoms in total. The van der Waals surface area contributed by atoms with Gasteiger partial charge in [0.15, 0.2) is 5.82 Å². The van der Waals surface area contributed by atoms with Crippen LogP contribution in [0.5, 0.6) is 5.75 Å². The van der Waals surface area contributed by atoms with Gasteiger partial charge in [0.25, 0.3) is 5.91 Å². The Kier molecular flexibility index (Phi) is 4.68. The van der Waals surface area contributed by atoms with Crippen LogP contribution < -0.4 is 10.1 Å². The molecule has 0 saturated carbocycles. The highest BCUT2D eigenvalue weighted by molar-refractivity contribution is 6.07. The van der Waals surface area contributed by atoms with E-state index in [1.807, 2.05) is 30.3 Å². The maximum absolute atomic E-state index is 12.5. The number of ether oxygens (including phenoxy) is 1. The number of terminal acetylenes is 1. The molecule has 2 N–H and O–H groups in total. The maximum atomic E-state index is 12.5. The molecule has 0 bridgehead atoms. The number of hydrogen-bond acceptors (Lipinski definition) is 3. The number of aromatic nitrogens is 2. The van der Waals surface area contributed by atoms with Crippen molar-refractivity contribution in [2.45, 2.75) is 26.2 Å². The van der Waals surface area contributed by atoms with Gasteiger partial charge >= 0.3 is 0 Å². The fraction of sp³-hybridized carbons (Fsp3) is 0.238. The van der Waals surface area contributed by atoms with E-state index in [2.05, 4.69) is 42.2 Å². The molecule has 0 fully saturated rings. The van der Waals surface area contributed by atoms with Crippen molar-refractivity contribution in [2.24, 2.45) is 0 Å². The molecule has 3 aromatic rings. The van der Waals surface area contributed by atoms with E-state index >= 15 is 0 Å². The van der Waals surface area contributed by atoms with Crippen LogP contribution in [-0.4, -0.2) is 22.7 Å². The predicted octanol–water partition coefficient (Wildman–Crippen LogP) is 4.12. The molecule has 0 aliphatic rings. The second-order valence-electron chi connectivity index (χ2n) is 7.05. The SMILES string of the molecule is C#CCOc1ccc2c(NC(=O)c3ccc(C(C)(C)C)cc3)n[nH]c2c1. The fourth-order valence-electron chi connectivity index (χ4n) is 2.61. The molecule has 0 radical (unpaired) electrons. The molecule has 3 rings (SSSR count). The summed E-state index contributed by atoms with van der Waals surface area (Å²) in [6.45, 7) is 6.62. The number of benzene rings is 2. The molecule has 5 heteroatoms. The maximum Gasteiger partial charge on any atom is 0.256 e. The van der Waals surface area contributed by atoms with Gasteiger partial charge < -0.3 is 10.1 Å². The first-order valence-electron chi connectivity index (χ1n) is 8.35. The molecule has 0 spiro atoms. The zero-order chi connectivity index (χ0) is 18.7. The molecular weight excluding hydrogens is 326 g/mol. The summed E-state index contributed by atoms with van der Waals surface area (Å²) in [5.74, 6) is 3.35. The van der Waals surface area contributed by atoms with Crippen molar-refractivity contribution in [3.63, 3.8) is 0 Å². The highest BCUT2D eigenvalue weighted by Gasteiger charge is 2.15. The van der Waals surface area contributed by atoms with Crippen molar-refractivity contribution >= 4 is 22.6 Å². The molecule has 0 aliphatic carbocycles. The van der Waals surface area contributed by atoms with Crippen LogP contribution in [0.3, 0.4) is 0 Å². The third-order valence-electron chi connectivity index (χ3n) is 4.10. The Morgan fingerprint density at radius 3 is 2.62 bits per heavy atom. The Hall–Kier alpha value is -3.26. The summed E-state index contributed by atoms with van der Waals surface area (Å²) in [6, 6.07) is 13.0. The van der Waals surface area contributed by atoms with E-state index in [1.165, 1.54) is 5.56 Å². The summed E-state index contributed by atoms with van der Waals surface area (Å²) >= 11 is 0. The Morgan fingerprint density at radius 1 is 1.23 bits per heavy atom. The van der Waals surface area contributed by atoms with Crippen LogP contribution in [0.2, 0.25) is 0 Å². The monoisotopic (exact) mass is 347 g/mol. The fourth-order valence-corrected chi connectivity index (χ4v) is 2.61. The largest absolute Gasteiger partial charge is 0.481 e. The van der Waals surface area contributed by atoms with Crippen LogP contribution in [0.1, 0.15) is 36.7 Å². The van der Waals surface area contributed by atoms with Crippen molar-refractivity contribution in [1.82, 2.24) is 10.2 Å². The van der Waals surface area contributed by atoms with Gasteiger partial charge in [-0.1, -0.05) is 38.8 Å². The molecule has 1 aromatic heterocycles. The van der Waals surface area contributed by atoms with Crippen molar-refractivity contribution in [2.75, 3.05) is 11.9 Å². The Morgan fingerprint density at radius 2 is 1.96 bits per heavy atom. The second kappa shape index (κ2) is 6.93. The van der Waals surface area contributed by atoms with E-state index in [0.717, 1.165) is 10.9 Å². The number of anilines is 1. The van der Waals surface area contributed by atoms with Gasteiger partial charge in [-0.05, 0) is 35.2 Å². The first-order valence-corrected chi connectivity index (χ1v) is 8.35. The average molecular weight is 347 g/mol. The van der Waals surface area contributed by atoms with E-state index in [9.17, 15) is 4.79 Å². The number of amides is 1. The summed E-state index contributed by atoms with van der Waals surface area (Å²) in [4.78, 5) is 12.5. The van der Waals surface area contributed by atoms with Crippen molar-refractivity contribution < 1.29 is 9.53 Å². The molecular formula is C21H21N3O2. The van der Waals surface area contributed by atoms with E-state index in [4.69, 9.17) is 11.2 Å². The molecule has 0 atom stereocenters. The van der Waals surface area contributed by atoms with Gasteiger partial charge in [-0.15, -0.1) is 6.42 Å². The summed E-state index contributed by atoms with van der Waals surface area (Å²) in [5, 5.41) is 10.7. The standard InChI is InChI=1S/C21H21N3O2/c1-5-12-26-16-10-11-17-18(13-16)23-24-19(17)22-20(25)14-6-8-15(9-7-14)21(2,3)4/h1,6-11,13H,12H2,2-4H3,(H2,22,23,24,25). The smallest absolute Gasteiger partial charge is 0.256 e. The summed E-state index contributed by atoms with van der Waals surface area (Å²) in [6.07, 6.45) is 5.19. The lowest BCUT2D eigenvalue weighted by molar-refractivity contribution is 0.102. The third kappa shape index (κ3) is 3.70. The van der Waals surface area contributed by atoms with Crippen LogP contribution in [-0.2, 0) is 5.41 Å². The van der Waals surface area contributed by atoms with E-state index in [1.54, 1.807) is 12.1 Å². The first kappa shape index (κ1) is 17.6. The van der Waals surface area contributed by atoms with Crippen LogP contribution in [0.15, 0.2) is 42.5 Å². The minimum absolute atomic E-state index is 0.0482. The molecule has 26 heavy (non-hydrogen) atoms. The number of H-pyrrole nitrogens is 1. The number of rotatable bonds is 4. The molecule has 0 saturated heterocycles. The van der Waals surface area contributed by atoms with Crippen molar-refractivity contribution in [1.29, 1.82) is 0 Å². The quantitative estimate of drug-likeness (QED) is 0.698. The van der Waals surface area contributed by atoms with Gasteiger partial charge in [-0.2, -0.15) is 5.10 Å². The lowest BCUT2D eigenvalue weighted by atomic mass is 9.87. The predicted molar refractivity (Wildman–Crippen MR) is 104 cm³/mol. The number of hydrogen-bond donors (Lipinski definition) is 2. The van der Waals surface area contributed by atoms with E-state index in [0.29, 0.717) is 17.1 Å². The van der Waals surface area contributed by atoms with Gasteiger partial charge in [0.1, 0.15) is 12.4 Å². The van der Waals surface area contributed by atoms with Gasteiger partial charge in [0, 0.05) is 17.0 Å². The summed E-state index contributed by atoms with van der Waals surface area (Å²) < 4.78 is 5.39. The second-order valence-corrected chi connectivity index (χ2v) is 7.05. The summed E-state index contributed by atoms with van der Waals surface area (Å²) in [5.41, 5.74) is 2.58. The minimum Gasteiger partial charge on any atom is -0.481 e. The van der Waals surface area contributed by atoms with Gasteiger partial charge in [0.05, 0.1) is 5.52 Å². The molecule has 2 aromatic carbocycles. The Labute approximate surface area is 152 Å². The molecule has 0 aliphatic heterocycles. The van der Waals surface area contributed by atoms with E-state index in [-0.39, 0.29) is 17.9 Å². The van der Waals surface area contributed by atoms with Crippen LogP contribution in [0, 0.1) is 12.3 Å². The number of fused-ring (bicyclic) bond motifs is 1. The minimum atomic E-state index is -0.202. The number of carbonyl (C=O) groups is 1. The topological polar surface area (TPSA) is 67.0 Å². The molecule has 132 valence electrons. The first-order chi connectivity index (χ1) is 12.4. The number of aromatic amines is 1. The highest BCUT2D eigenvalue weighted by Crippen LogP contribution is 2.26. The zero-order valence-electron chi connectivity index (χ0n) is 15.1. The van der Waals surface area contributed by atoms with Crippen LogP contribution in [0.25, 0.3) is 10.9 Å². The highest BCUT2D eigenvalue weighted by atomic mass is 16.5. The van der Waals surface area contributed by atoms with Crippen LogP contribution >= 0.6 is 0 Å². The van der Waals surface area contributed by atoms with Gasteiger partial charge in [0.2, 0.25) is 0 Å². The lowest BCUT2D eigenvalue weighted by Gasteiger charge is -2.18. The molecule has 0 unspecified atom stereocenters. The van der Waals surface area contributed by atoms with Gasteiger partial charge in [-0.25, -0.2) is 0 Å². The van der Waals surface area contributed by atoms with E-state index < -0.39 is 0 Å². The Bertz CT molecular complexity index is 973. The van der Waals surface area contributed by atoms with Gasteiger partial charge in [-0.3, -0.25) is 9.89 Å². The number of nitrogens with one attached hydrogen (secondary N) is 2.